The van der Waals surface area contributed by atoms with Crippen LogP contribution in [-0.2, 0) is 13.5 Å². The average Bonchev–Trinajstić information content (AvgIpc) is 2.62. The van der Waals surface area contributed by atoms with E-state index in [4.69, 9.17) is 5.73 Å². The SMILES string of the molecule is CCc1nc(N)cc2c3cc(O)ccc3n(C)c12. The number of hydrogen-bond donors (Lipinski definition) is 2. The van der Waals surface area contributed by atoms with Crippen LogP contribution in [0.3, 0.4) is 0 Å². The normalized spacial score (nSPS) is 11.4. The van der Waals surface area contributed by atoms with E-state index in [2.05, 4.69) is 16.5 Å². The third-order valence-electron chi connectivity index (χ3n) is 3.39. The molecule has 3 rings (SSSR count). The second kappa shape index (κ2) is 3.63. The highest BCUT2D eigenvalue weighted by Crippen LogP contribution is 2.32. The van der Waals surface area contributed by atoms with Gasteiger partial charge in [-0.25, -0.2) is 4.98 Å². The Morgan fingerprint density at radius 3 is 2.78 bits per heavy atom. The van der Waals surface area contributed by atoms with Gasteiger partial charge in [0, 0.05) is 23.3 Å². The summed E-state index contributed by atoms with van der Waals surface area (Å²) in [5.41, 5.74) is 9.01. The molecule has 2 aromatic heterocycles. The van der Waals surface area contributed by atoms with Gasteiger partial charge in [-0.1, -0.05) is 6.92 Å². The Morgan fingerprint density at radius 2 is 2.06 bits per heavy atom. The topological polar surface area (TPSA) is 64.1 Å². The van der Waals surface area contributed by atoms with Gasteiger partial charge in [0.2, 0.25) is 0 Å². The molecule has 0 fully saturated rings. The van der Waals surface area contributed by atoms with Crippen LogP contribution in [0.15, 0.2) is 24.3 Å². The Morgan fingerprint density at radius 1 is 1.28 bits per heavy atom. The first kappa shape index (κ1) is 10.9. The van der Waals surface area contributed by atoms with Gasteiger partial charge in [-0.2, -0.15) is 0 Å². The molecule has 0 unspecified atom stereocenters. The van der Waals surface area contributed by atoms with Crippen molar-refractivity contribution in [3.63, 3.8) is 0 Å². The zero-order valence-corrected chi connectivity index (χ0v) is 10.4. The molecule has 4 nitrogen and oxygen atoms in total. The molecule has 3 aromatic rings. The summed E-state index contributed by atoms with van der Waals surface area (Å²) in [6.07, 6.45) is 0.831. The number of pyridine rings is 1. The lowest BCUT2D eigenvalue weighted by molar-refractivity contribution is 0.476. The standard InChI is InChI=1S/C14H15N3O/c1-3-11-14-10(7-13(15)16-11)9-6-8(18)4-5-12(9)17(14)2/h4-7,18H,3H2,1-2H3,(H2,15,16). The van der Waals surface area contributed by atoms with Gasteiger partial charge < -0.3 is 15.4 Å². The number of rotatable bonds is 1. The first-order chi connectivity index (χ1) is 8.61. The predicted octanol–water partition coefficient (Wildman–Crippen LogP) is 2.58. The minimum Gasteiger partial charge on any atom is -0.508 e. The summed E-state index contributed by atoms with van der Waals surface area (Å²) in [4.78, 5) is 4.39. The van der Waals surface area contributed by atoms with E-state index in [0.717, 1.165) is 33.9 Å². The summed E-state index contributed by atoms with van der Waals surface area (Å²) in [5.74, 6) is 0.790. The zero-order valence-electron chi connectivity index (χ0n) is 10.4. The van der Waals surface area contributed by atoms with E-state index in [0.29, 0.717) is 5.82 Å². The van der Waals surface area contributed by atoms with Crippen LogP contribution in [0.25, 0.3) is 21.8 Å². The van der Waals surface area contributed by atoms with E-state index < -0.39 is 0 Å². The molecule has 0 spiro atoms. The summed E-state index contributed by atoms with van der Waals surface area (Å²) < 4.78 is 2.11. The number of aryl methyl sites for hydroxylation is 2. The molecule has 0 aliphatic rings. The maximum Gasteiger partial charge on any atom is 0.124 e. The molecule has 0 radical (unpaired) electrons. The Balaban J connectivity index is 2.59. The molecule has 0 aliphatic heterocycles. The van der Waals surface area contributed by atoms with Crippen molar-refractivity contribution in [3.05, 3.63) is 30.0 Å². The maximum absolute atomic E-state index is 9.64. The molecular formula is C14H15N3O. The van der Waals surface area contributed by atoms with Gasteiger partial charge in [0.25, 0.3) is 0 Å². The average molecular weight is 241 g/mol. The van der Waals surface area contributed by atoms with Crippen LogP contribution in [0, 0.1) is 0 Å². The Kier molecular flexibility index (Phi) is 2.20. The van der Waals surface area contributed by atoms with Gasteiger partial charge in [0.05, 0.1) is 11.2 Å². The molecule has 0 amide bonds. The number of nitrogens with zero attached hydrogens (tertiary/aromatic N) is 2. The number of aromatic hydroxyl groups is 1. The van der Waals surface area contributed by atoms with E-state index in [-0.39, 0.29) is 5.75 Å². The molecule has 2 heterocycles. The first-order valence-electron chi connectivity index (χ1n) is 5.98. The van der Waals surface area contributed by atoms with Gasteiger partial charge in [-0.05, 0) is 30.7 Å². The van der Waals surface area contributed by atoms with E-state index in [1.165, 1.54) is 0 Å². The number of phenols is 1. The molecular weight excluding hydrogens is 226 g/mol. The van der Waals surface area contributed by atoms with Gasteiger partial charge in [-0.15, -0.1) is 0 Å². The number of benzene rings is 1. The van der Waals surface area contributed by atoms with Crippen molar-refractivity contribution in [2.24, 2.45) is 7.05 Å². The third kappa shape index (κ3) is 1.35. The van der Waals surface area contributed by atoms with E-state index >= 15 is 0 Å². The van der Waals surface area contributed by atoms with Crippen LogP contribution >= 0.6 is 0 Å². The van der Waals surface area contributed by atoms with Crippen molar-refractivity contribution in [2.75, 3.05) is 5.73 Å². The molecule has 0 aliphatic carbocycles. The largest absolute Gasteiger partial charge is 0.508 e. The van der Waals surface area contributed by atoms with E-state index in [1.807, 2.05) is 19.2 Å². The first-order valence-corrected chi connectivity index (χ1v) is 5.98. The summed E-state index contributed by atoms with van der Waals surface area (Å²) >= 11 is 0. The predicted molar refractivity (Wildman–Crippen MR) is 73.7 cm³/mol. The molecule has 0 saturated carbocycles. The number of anilines is 1. The summed E-state index contributed by atoms with van der Waals surface area (Å²) in [6.45, 7) is 2.07. The highest BCUT2D eigenvalue weighted by atomic mass is 16.3. The lowest BCUT2D eigenvalue weighted by Crippen LogP contribution is -1.98. The molecule has 18 heavy (non-hydrogen) atoms. The van der Waals surface area contributed by atoms with Crippen molar-refractivity contribution < 1.29 is 5.11 Å². The molecule has 0 atom stereocenters. The molecule has 0 saturated heterocycles. The quantitative estimate of drug-likeness (QED) is 0.688. The Labute approximate surface area is 105 Å². The molecule has 92 valence electrons. The summed E-state index contributed by atoms with van der Waals surface area (Å²) in [6, 6.07) is 7.26. The number of fused-ring (bicyclic) bond motifs is 3. The number of nitrogens with two attached hydrogens (primary N) is 1. The summed E-state index contributed by atoms with van der Waals surface area (Å²) in [7, 11) is 2.01. The van der Waals surface area contributed by atoms with Crippen LogP contribution in [0.1, 0.15) is 12.6 Å². The number of aromatic nitrogens is 2. The third-order valence-corrected chi connectivity index (χ3v) is 3.39. The van der Waals surface area contributed by atoms with Gasteiger partial charge >= 0.3 is 0 Å². The summed E-state index contributed by atoms with van der Waals surface area (Å²) in [5, 5.41) is 11.7. The van der Waals surface area contributed by atoms with Crippen molar-refractivity contribution in [3.8, 4) is 5.75 Å². The molecule has 1 aromatic carbocycles. The van der Waals surface area contributed by atoms with Crippen LogP contribution in [0.2, 0.25) is 0 Å². The van der Waals surface area contributed by atoms with Crippen LogP contribution in [0.5, 0.6) is 5.75 Å². The molecule has 0 bridgehead atoms. The Bertz CT molecular complexity index is 759. The van der Waals surface area contributed by atoms with E-state index in [1.54, 1.807) is 12.1 Å². The second-order valence-electron chi connectivity index (χ2n) is 4.50. The smallest absolute Gasteiger partial charge is 0.124 e. The van der Waals surface area contributed by atoms with Gasteiger partial charge in [-0.3, -0.25) is 0 Å². The monoisotopic (exact) mass is 241 g/mol. The van der Waals surface area contributed by atoms with Gasteiger partial charge in [0.1, 0.15) is 11.6 Å². The van der Waals surface area contributed by atoms with Crippen LogP contribution in [-0.4, -0.2) is 14.7 Å². The fraction of sp³-hybridized carbons (Fsp3) is 0.214. The minimum absolute atomic E-state index is 0.267. The fourth-order valence-corrected chi connectivity index (χ4v) is 2.59. The van der Waals surface area contributed by atoms with Crippen molar-refractivity contribution in [1.29, 1.82) is 0 Å². The number of phenolic OH excluding ortho intramolecular Hbond substituents is 1. The number of hydrogen-bond acceptors (Lipinski definition) is 3. The van der Waals surface area contributed by atoms with Crippen molar-refractivity contribution >= 4 is 27.6 Å². The van der Waals surface area contributed by atoms with Gasteiger partial charge in [0.15, 0.2) is 0 Å². The van der Waals surface area contributed by atoms with Crippen LogP contribution < -0.4 is 5.73 Å². The second-order valence-corrected chi connectivity index (χ2v) is 4.50. The van der Waals surface area contributed by atoms with E-state index in [9.17, 15) is 5.11 Å². The zero-order chi connectivity index (χ0) is 12.9. The molecule has 3 N–H and O–H groups in total. The van der Waals surface area contributed by atoms with Crippen molar-refractivity contribution in [2.45, 2.75) is 13.3 Å². The minimum atomic E-state index is 0.267. The molecule has 4 heteroatoms. The maximum atomic E-state index is 9.64. The lowest BCUT2D eigenvalue weighted by Gasteiger charge is -2.04. The lowest BCUT2D eigenvalue weighted by atomic mass is 10.1. The number of nitrogen functional groups attached to an aromatic ring is 1. The van der Waals surface area contributed by atoms with Crippen LogP contribution in [0.4, 0.5) is 5.82 Å². The Hall–Kier alpha value is -2.23. The highest BCUT2D eigenvalue weighted by molar-refractivity contribution is 6.09. The van der Waals surface area contributed by atoms with Crippen molar-refractivity contribution in [1.82, 2.24) is 9.55 Å². The fourth-order valence-electron chi connectivity index (χ4n) is 2.59. The highest BCUT2D eigenvalue weighted by Gasteiger charge is 2.13.